The van der Waals surface area contributed by atoms with Gasteiger partial charge in [-0.05, 0) is 149 Å². The van der Waals surface area contributed by atoms with E-state index in [2.05, 4.69) is 190 Å². The second-order valence-corrected chi connectivity index (χ2v) is 45.3. The molecular formula is C86H118ClN9O12S2Si3. The number of halogens is 1. The fourth-order valence-electron chi connectivity index (χ4n) is 15.8. The van der Waals surface area contributed by atoms with Crippen LogP contribution in [-0.2, 0) is 48.1 Å². The molecule has 0 spiro atoms. The number of hydrogen-bond acceptors (Lipinski definition) is 13. The molecule has 27 heteroatoms. The molecule has 0 saturated carbocycles. The Hall–Kier alpha value is -8.55. The maximum Gasteiger partial charge on any atom is 0.244 e. The van der Waals surface area contributed by atoms with Gasteiger partial charge in [-0.3, -0.25) is 28.8 Å². The van der Waals surface area contributed by atoms with E-state index in [-0.39, 0.29) is 65.1 Å². The summed E-state index contributed by atoms with van der Waals surface area (Å²) < 4.78 is 44.0. The Morgan fingerprint density at radius 3 is 0.982 bits per heavy atom. The number of carbonyl (C=O) groups is 6. The number of benzene rings is 4. The SMILES string of the molecule is CC[Si]1(CC)c2ccccc2N(C(=O)CCCCCNC(=O)/C=C/c2ccc[nH+]c2)C1C.CC[Si]1(CC)c2ccccc2N(C(=O)CCCCCNC(=O)/C=C/c2ccc[nH+]c2)C1C.CC[Si]1(CC)c2ccccc2N(C(=O)CCCCCNC(=O)/C=C/c2ccc[nH+]c2)C1C.COOS[O-].Cc1ccc(S(=O)(=O)[O-])cc1.[Cl-]. The molecule has 0 fully saturated rings. The molecule has 21 nitrogen and oxygen atoms in total. The molecule has 113 heavy (non-hydrogen) atoms. The number of fused-ring (bicyclic) bond motifs is 3. The molecule has 3 aliphatic rings. The summed E-state index contributed by atoms with van der Waals surface area (Å²) in [4.78, 5) is 94.2. The predicted molar refractivity (Wildman–Crippen MR) is 455 cm³/mol. The van der Waals surface area contributed by atoms with Crippen LogP contribution in [0.25, 0.3) is 18.2 Å². The summed E-state index contributed by atoms with van der Waals surface area (Å²) in [5.41, 5.74) is 8.19. The lowest BCUT2D eigenvalue weighted by molar-refractivity contribution is -0.378. The summed E-state index contributed by atoms with van der Waals surface area (Å²) in [5, 5.41) is 13.1. The number of amides is 6. The lowest BCUT2D eigenvalue weighted by Gasteiger charge is -2.33. The van der Waals surface area contributed by atoms with Crippen molar-refractivity contribution in [1.82, 2.24) is 16.0 Å². The van der Waals surface area contributed by atoms with Crippen LogP contribution in [0.2, 0.25) is 36.3 Å². The normalized spacial score (nSPS) is 15.8. The van der Waals surface area contributed by atoms with Crippen molar-refractivity contribution in [2.45, 2.75) is 204 Å². The average molecular weight is 1650 g/mol. The number of aromatic nitrogens is 3. The van der Waals surface area contributed by atoms with Gasteiger partial charge in [0.2, 0.25) is 35.4 Å². The number of rotatable bonds is 33. The third kappa shape index (κ3) is 27.0. The first kappa shape index (κ1) is 95.0. The van der Waals surface area contributed by atoms with Crippen molar-refractivity contribution >= 4 is 133 Å². The van der Waals surface area contributed by atoms with Crippen molar-refractivity contribution in [2.75, 3.05) is 41.4 Å². The summed E-state index contributed by atoms with van der Waals surface area (Å²) in [5.74, 6) is 0.460. The molecule has 0 bridgehead atoms. The van der Waals surface area contributed by atoms with Crippen LogP contribution in [0.15, 0.2) is 194 Å². The van der Waals surface area contributed by atoms with Crippen LogP contribution in [0.4, 0.5) is 17.1 Å². The molecule has 0 aliphatic carbocycles. The van der Waals surface area contributed by atoms with E-state index in [9.17, 15) is 41.7 Å². The molecular weight excluding hydrogens is 1530 g/mol. The molecule has 0 saturated heterocycles. The van der Waals surface area contributed by atoms with Gasteiger partial charge in [0, 0.05) is 126 Å². The fourth-order valence-corrected chi connectivity index (χ4v) is 30.7. The average Bonchev–Trinajstić information content (AvgIpc) is 1.60. The van der Waals surface area contributed by atoms with Gasteiger partial charge in [-0.25, -0.2) is 28.3 Å². The van der Waals surface area contributed by atoms with E-state index in [1.165, 1.54) is 71.1 Å². The van der Waals surface area contributed by atoms with Crippen LogP contribution < -0.4 is 73.6 Å². The fraction of sp³-hybridized carbons (Fsp3) is 0.407. The summed E-state index contributed by atoms with van der Waals surface area (Å²) in [6, 6.07) is 49.9. The van der Waals surface area contributed by atoms with E-state index in [4.69, 9.17) is 4.55 Å². The van der Waals surface area contributed by atoms with E-state index in [0.29, 0.717) is 55.9 Å². The van der Waals surface area contributed by atoms with Crippen molar-refractivity contribution in [1.29, 1.82) is 0 Å². The number of aromatic amines is 3. The van der Waals surface area contributed by atoms with Crippen LogP contribution in [-0.4, -0.2) is 121 Å². The van der Waals surface area contributed by atoms with Crippen molar-refractivity contribution < 1.29 is 82.9 Å². The summed E-state index contributed by atoms with van der Waals surface area (Å²) in [7, 11) is -8.06. The minimum absolute atomic E-state index is 0. The van der Waals surface area contributed by atoms with Gasteiger partial charge < -0.3 is 52.2 Å². The highest BCUT2D eigenvalue weighted by atomic mass is 35.5. The number of nitrogens with zero attached hydrogens (tertiary/aromatic N) is 3. The van der Waals surface area contributed by atoms with Gasteiger partial charge in [0.05, 0.1) is 12.0 Å². The molecule has 3 aromatic heterocycles. The molecule has 0 radical (unpaired) electrons. The number of unbranched alkanes of at least 4 members (excludes halogenated alkanes) is 6. The van der Waals surface area contributed by atoms with Crippen LogP contribution >= 0.6 is 12.3 Å². The molecule has 6 heterocycles. The Kier molecular flexibility index (Phi) is 41.4. The zero-order valence-corrected chi connectivity index (χ0v) is 73.0. The van der Waals surface area contributed by atoms with Crippen LogP contribution in [0.3, 0.4) is 0 Å². The molecule has 6 amide bonds. The highest BCUT2D eigenvalue weighted by molar-refractivity contribution is 7.88. The molecule has 3 unspecified atom stereocenters. The molecule has 10 rings (SSSR count). The third-order valence-corrected chi connectivity index (χ3v) is 40.9. The van der Waals surface area contributed by atoms with Gasteiger partial charge in [0.1, 0.15) is 34.3 Å². The van der Waals surface area contributed by atoms with E-state index in [1.807, 2.05) is 80.5 Å². The van der Waals surface area contributed by atoms with E-state index >= 15 is 0 Å². The monoisotopic (exact) mass is 1650 g/mol. The number of para-hydroxylation sites is 3. The first-order chi connectivity index (χ1) is 54.0. The maximum absolute atomic E-state index is 13.2. The number of anilines is 3. The molecule has 7 aromatic rings. The van der Waals surface area contributed by atoms with Gasteiger partial charge in [0.25, 0.3) is 0 Å². The first-order valence-corrected chi connectivity index (χ1v) is 49.1. The summed E-state index contributed by atoms with van der Waals surface area (Å²) in [6.07, 6.45) is 30.7. The van der Waals surface area contributed by atoms with Crippen molar-refractivity contribution in [3.05, 3.63) is 211 Å². The van der Waals surface area contributed by atoms with E-state index in [1.54, 1.807) is 48.6 Å². The highest BCUT2D eigenvalue weighted by Gasteiger charge is 2.52. The summed E-state index contributed by atoms with van der Waals surface area (Å²) >= 11 is -0.0706. The molecule has 3 aliphatic heterocycles. The number of pyridine rings is 3. The Labute approximate surface area is 684 Å². The van der Waals surface area contributed by atoms with Crippen LogP contribution in [0, 0.1) is 6.92 Å². The zero-order valence-electron chi connectivity index (χ0n) is 67.6. The Morgan fingerprint density at radius 2 is 0.743 bits per heavy atom. The summed E-state index contributed by atoms with van der Waals surface area (Å²) in [6.45, 7) is 24.2. The standard InChI is InChI=1S/3C26H35N3O2Si.C7H8O3S.CH4O3S.ClH/c3*1-4-32(5-2)21(3)29(23-13-8-9-14-24(23)32)26(31)15-7-6-10-19-28-25(30)17-16-22-12-11-18-27-20-22;1-6-2-4-7(5-3-6)11(8,9)10;1-3-4-5-2;/h3*8-9,11-14,16-18,20-21H,4-7,10,15,19H2,1-3H3,(H,28,30);2-5H,1H3,(H,8,9,10);2H,1H3;1H/b3*17-16+;;;. The molecule has 6 N–H and O–H groups in total. The van der Waals surface area contributed by atoms with E-state index in [0.717, 1.165) is 97.1 Å². The largest absolute Gasteiger partial charge is 1.00 e. The molecule has 3 atom stereocenters. The van der Waals surface area contributed by atoms with Crippen LogP contribution in [0.1, 0.15) is 162 Å². The Morgan fingerprint density at radius 1 is 0.451 bits per heavy atom. The van der Waals surface area contributed by atoms with Crippen molar-refractivity contribution in [3.63, 3.8) is 0 Å². The molecule has 610 valence electrons. The maximum atomic E-state index is 13.2. The van der Waals surface area contributed by atoms with Crippen LogP contribution in [0.5, 0.6) is 0 Å². The lowest BCUT2D eigenvalue weighted by Crippen LogP contribution is -3.00. The van der Waals surface area contributed by atoms with Crippen molar-refractivity contribution in [3.8, 4) is 0 Å². The van der Waals surface area contributed by atoms with Gasteiger partial charge in [-0.15, -0.1) is 0 Å². The smallest absolute Gasteiger partial charge is 0.244 e. The first-order valence-electron chi connectivity index (χ1n) is 39.5. The Bertz CT molecular complexity index is 3930. The van der Waals surface area contributed by atoms with Gasteiger partial charge in [-0.1, -0.05) is 182 Å². The minimum atomic E-state index is -4.27. The van der Waals surface area contributed by atoms with Gasteiger partial charge in [-0.2, -0.15) is 4.33 Å². The molecule has 4 aromatic carbocycles. The van der Waals surface area contributed by atoms with Gasteiger partial charge in [0.15, 0.2) is 37.2 Å². The van der Waals surface area contributed by atoms with Crippen molar-refractivity contribution in [2.24, 2.45) is 0 Å². The van der Waals surface area contributed by atoms with E-state index < -0.39 is 34.3 Å². The highest BCUT2D eigenvalue weighted by Crippen LogP contribution is 2.40. The zero-order chi connectivity index (χ0) is 81.5. The number of H-pyrrole nitrogens is 3. The number of aryl methyl sites for hydroxylation is 1. The number of carbonyl (C=O) groups excluding carboxylic acids is 6. The quantitative estimate of drug-likeness (QED) is 0.00657. The number of nitrogens with one attached hydrogen (secondary N) is 6. The second kappa shape index (κ2) is 49.3. The minimum Gasteiger partial charge on any atom is -1.00 e. The predicted octanol–water partition coefficient (Wildman–Crippen LogP) is 9.83. The van der Waals surface area contributed by atoms with Gasteiger partial charge >= 0.3 is 0 Å². The number of hydrogen-bond donors (Lipinski definition) is 3. The topological polar surface area (TPSA) is 289 Å². The second-order valence-electron chi connectivity index (χ2n) is 28.3. The third-order valence-electron chi connectivity index (χ3n) is 22.2. The lowest BCUT2D eigenvalue weighted by atomic mass is 10.1. The Balaban J connectivity index is 0.000000274.